The Hall–Kier alpha value is -1.22. The Labute approximate surface area is 90.3 Å². The van der Waals surface area contributed by atoms with Crippen molar-refractivity contribution >= 4 is 5.69 Å². The van der Waals surface area contributed by atoms with Gasteiger partial charge in [-0.15, -0.1) is 0 Å². The summed E-state index contributed by atoms with van der Waals surface area (Å²) in [6, 6.07) is 5.90. The Morgan fingerprint density at radius 2 is 2.07 bits per heavy atom. The summed E-state index contributed by atoms with van der Waals surface area (Å²) in [5, 5.41) is 9.04. The highest BCUT2D eigenvalue weighted by atomic mass is 16.5. The quantitative estimate of drug-likeness (QED) is 0.820. The van der Waals surface area contributed by atoms with Crippen LogP contribution in [0.15, 0.2) is 18.2 Å². The molecular formula is C12H17NO2. The predicted molar refractivity (Wildman–Crippen MR) is 60.4 cm³/mol. The standard InChI is InChI=1S/C12H17NO2/c1-15-12-8-10(9-14)4-5-11(12)13-6-2-3-7-13/h4-5,8,14H,2-3,6-7,9H2,1H3. The largest absolute Gasteiger partial charge is 0.495 e. The molecule has 1 fully saturated rings. The smallest absolute Gasteiger partial charge is 0.142 e. The van der Waals surface area contributed by atoms with Crippen molar-refractivity contribution in [3.63, 3.8) is 0 Å². The first-order valence-corrected chi connectivity index (χ1v) is 5.38. The number of aliphatic hydroxyl groups is 1. The van der Waals surface area contributed by atoms with Crippen LogP contribution in [0, 0.1) is 0 Å². The Morgan fingerprint density at radius 3 is 2.67 bits per heavy atom. The van der Waals surface area contributed by atoms with Gasteiger partial charge in [0, 0.05) is 13.1 Å². The molecule has 1 aliphatic heterocycles. The van der Waals surface area contributed by atoms with E-state index in [9.17, 15) is 0 Å². The van der Waals surface area contributed by atoms with Gasteiger partial charge >= 0.3 is 0 Å². The number of nitrogens with zero attached hydrogens (tertiary/aromatic N) is 1. The third kappa shape index (κ3) is 2.07. The van der Waals surface area contributed by atoms with Crippen molar-refractivity contribution in [1.29, 1.82) is 0 Å². The molecule has 0 atom stereocenters. The van der Waals surface area contributed by atoms with E-state index >= 15 is 0 Å². The number of rotatable bonds is 3. The van der Waals surface area contributed by atoms with E-state index in [4.69, 9.17) is 9.84 Å². The Bertz CT molecular complexity index is 332. The third-order valence-electron chi connectivity index (χ3n) is 2.87. The summed E-state index contributed by atoms with van der Waals surface area (Å²) < 4.78 is 5.35. The van der Waals surface area contributed by atoms with Crippen LogP contribution in [0.3, 0.4) is 0 Å². The van der Waals surface area contributed by atoms with Gasteiger partial charge in [0.25, 0.3) is 0 Å². The Morgan fingerprint density at radius 1 is 1.33 bits per heavy atom. The molecule has 1 aliphatic rings. The van der Waals surface area contributed by atoms with Gasteiger partial charge in [-0.2, -0.15) is 0 Å². The van der Waals surface area contributed by atoms with Crippen LogP contribution < -0.4 is 9.64 Å². The number of hydrogen-bond acceptors (Lipinski definition) is 3. The molecule has 0 aliphatic carbocycles. The molecule has 1 aromatic carbocycles. The van der Waals surface area contributed by atoms with Gasteiger partial charge in [-0.05, 0) is 30.5 Å². The van der Waals surface area contributed by atoms with E-state index in [1.807, 2.05) is 18.2 Å². The van der Waals surface area contributed by atoms with Crippen LogP contribution in [0.2, 0.25) is 0 Å². The van der Waals surface area contributed by atoms with Crippen molar-refractivity contribution in [3.8, 4) is 5.75 Å². The van der Waals surface area contributed by atoms with Crippen LogP contribution in [0.4, 0.5) is 5.69 Å². The molecule has 1 aromatic rings. The van der Waals surface area contributed by atoms with Gasteiger partial charge in [-0.3, -0.25) is 0 Å². The van der Waals surface area contributed by atoms with Gasteiger partial charge in [0.05, 0.1) is 19.4 Å². The summed E-state index contributed by atoms with van der Waals surface area (Å²) in [4.78, 5) is 2.33. The van der Waals surface area contributed by atoms with Crippen LogP contribution in [-0.2, 0) is 6.61 Å². The van der Waals surface area contributed by atoms with E-state index in [1.54, 1.807) is 7.11 Å². The lowest BCUT2D eigenvalue weighted by molar-refractivity contribution is 0.281. The maximum atomic E-state index is 9.04. The van der Waals surface area contributed by atoms with Crippen molar-refractivity contribution < 1.29 is 9.84 Å². The number of ether oxygens (including phenoxy) is 1. The van der Waals surface area contributed by atoms with E-state index in [1.165, 1.54) is 12.8 Å². The Kier molecular flexibility index (Phi) is 3.11. The first-order valence-electron chi connectivity index (χ1n) is 5.38. The number of anilines is 1. The summed E-state index contributed by atoms with van der Waals surface area (Å²) in [5.41, 5.74) is 2.04. The molecule has 15 heavy (non-hydrogen) atoms. The molecule has 0 amide bonds. The minimum absolute atomic E-state index is 0.0661. The van der Waals surface area contributed by atoms with Crippen molar-refractivity contribution in [1.82, 2.24) is 0 Å². The second kappa shape index (κ2) is 4.53. The second-order valence-electron chi connectivity index (χ2n) is 3.86. The van der Waals surface area contributed by atoms with E-state index < -0.39 is 0 Å². The van der Waals surface area contributed by atoms with Crippen molar-refractivity contribution in [2.75, 3.05) is 25.1 Å². The minimum Gasteiger partial charge on any atom is -0.495 e. The molecule has 0 saturated carbocycles. The van der Waals surface area contributed by atoms with Crippen LogP contribution in [0.1, 0.15) is 18.4 Å². The summed E-state index contributed by atoms with van der Waals surface area (Å²) in [6.07, 6.45) is 2.51. The SMILES string of the molecule is COc1cc(CO)ccc1N1CCCC1. The lowest BCUT2D eigenvalue weighted by Gasteiger charge is -2.20. The zero-order chi connectivity index (χ0) is 10.7. The lowest BCUT2D eigenvalue weighted by atomic mass is 10.2. The highest BCUT2D eigenvalue weighted by molar-refractivity contribution is 5.60. The summed E-state index contributed by atoms with van der Waals surface area (Å²) in [5.74, 6) is 0.864. The van der Waals surface area contributed by atoms with Gasteiger partial charge in [0.2, 0.25) is 0 Å². The highest BCUT2D eigenvalue weighted by Crippen LogP contribution is 2.31. The van der Waals surface area contributed by atoms with Crippen molar-refractivity contribution in [3.05, 3.63) is 23.8 Å². The monoisotopic (exact) mass is 207 g/mol. The number of benzene rings is 1. The second-order valence-corrected chi connectivity index (χ2v) is 3.86. The molecule has 3 heteroatoms. The molecule has 0 spiro atoms. The van der Waals surface area contributed by atoms with Crippen LogP contribution in [-0.4, -0.2) is 25.3 Å². The zero-order valence-electron chi connectivity index (χ0n) is 9.07. The first-order chi connectivity index (χ1) is 7.35. The van der Waals surface area contributed by atoms with E-state index in [0.717, 1.165) is 30.1 Å². The molecule has 0 radical (unpaired) electrons. The molecule has 0 bridgehead atoms. The number of aliphatic hydroxyl groups excluding tert-OH is 1. The van der Waals surface area contributed by atoms with Crippen LogP contribution in [0.5, 0.6) is 5.75 Å². The fourth-order valence-corrected chi connectivity index (χ4v) is 2.04. The van der Waals surface area contributed by atoms with Crippen molar-refractivity contribution in [2.45, 2.75) is 19.4 Å². The van der Waals surface area contributed by atoms with Gasteiger partial charge < -0.3 is 14.7 Å². The molecule has 1 N–H and O–H groups in total. The molecule has 1 heterocycles. The lowest BCUT2D eigenvalue weighted by Crippen LogP contribution is -2.18. The molecule has 0 unspecified atom stereocenters. The van der Waals surface area contributed by atoms with Gasteiger partial charge in [0.15, 0.2) is 0 Å². The van der Waals surface area contributed by atoms with Gasteiger partial charge in [0.1, 0.15) is 5.75 Å². The van der Waals surface area contributed by atoms with Gasteiger partial charge in [-0.25, -0.2) is 0 Å². The average molecular weight is 207 g/mol. The van der Waals surface area contributed by atoms with E-state index in [2.05, 4.69) is 4.90 Å². The van der Waals surface area contributed by atoms with Crippen LogP contribution >= 0.6 is 0 Å². The molecule has 0 aromatic heterocycles. The minimum atomic E-state index is 0.0661. The number of hydrogen-bond donors (Lipinski definition) is 1. The molecule has 3 nitrogen and oxygen atoms in total. The molecule has 1 saturated heterocycles. The fourth-order valence-electron chi connectivity index (χ4n) is 2.04. The average Bonchev–Trinajstić information content (AvgIpc) is 2.81. The molecule has 2 rings (SSSR count). The van der Waals surface area contributed by atoms with Crippen LogP contribution in [0.25, 0.3) is 0 Å². The zero-order valence-corrected chi connectivity index (χ0v) is 9.07. The third-order valence-corrected chi connectivity index (χ3v) is 2.87. The van der Waals surface area contributed by atoms with E-state index in [-0.39, 0.29) is 6.61 Å². The first kappa shape index (κ1) is 10.3. The summed E-state index contributed by atoms with van der Waals surface area (Å²) in [7, 11) is 1.68. The van der Waals surface area contributed by atoms with Crippen molar-refractivity contribution in [2.24, 2.45) is 0 Å². The Balaban J connectivity index is 2.29. The topological polar surface area (TPSA) is 32.7 Å². The fraction of sp³-hybridized carbons (Fsp3) is 0.500. The summed E-state index contributed by atoms with van der Waals surface area (Å²) >= 11 is 0. The number of methoxy groups -OCH3 is 1. The summed E-state index contributed by atoms with van der Waals surface area (Å²) in [6.45, 7) is 2.28. The predicted octanol–water partition coefficient (Wildman–Crippen LogP) is 1.79. The normalized spacial score (nSPS) is 15.7. The van der Waals surface area contributed by atoms with Gasteiger partial charge in [-0.1, -0.05) is 6.07 Å². The molecular weight excluding hydrogens is 190 g/mol. The highest BCUT2D eigenvalue weighted by Gasteiger charge is 2.16. The molecule has 82 valence electrons. The maximum Gasteiger partial charge on any atom is 0.142 e. The van der Waals surface area contributed by atoms with E-state index in [0.29, 0.717) is 0 Å². The maximum absolute atomic E-state index is 9.04.